The average Bonchev–Trinajstić information content (AvgIpc) is 3.33. The van der Waals surface area contributed by atoms with Gasteiger partial charge in [0.05, 0.1) is 29.5 Å². The number of benzene rings is 1. The number of ketones is 1. The lowest BCUT2D eigenvalue weighted by atomic mass is 10.2. The van der Waals surface area contributed by atoms with E-state index < -0.39 is 0 Å². The maximum Gasteiger partial charge on any atom is 0.187 e. The van der Waals surface area contributed by atoms with Gasteiger partial charge in [0, 0.05) is 43.1 Å². The molecule has 0 saturated carbocycles. The fraction of sp³-hybridized carbons (Fsp3) is 0.176. The van der Waals surface area contributed by atoms with Crippen molar-refractivity contribution in [2.75, 3.05) is 5.32 Å². The van der Waals surface area contributed by atoms with E-state index in [0.717, 1.165) is 29.7 Å². The number of carbonyl (C=O) groups excluding carboxylic acids is 1. The number of nitrogens with zero attached hydrogens (tertiary/aromatic N) is 5. The molecule has 4 rings (SSSR count). The predicted molar refractivity (Wildman–Crippen MR) is 97.4 cm³/mol. The van der Waals surface area contributed by atoms with Crippen molar-refractivity contribution < 1.29 is 4.79 Å². The largest absolute Gasteiger partial charge is 0.336 e. The first-order chi connectivity index (χ1) is 12.2. The number of thiazole rings is 1. The van der Waals surface area contributed by atoms with E-state index in [0.29, 0.717) is 10.0 Å². The molecule has 0 spiro atoms. The summed E-state index contributed by atoms with van der Waals surface area (Å²) in [6, 6.07) is 5.99. The molecule has 8 heteroatoms. The molecule has 0 bridgehead atoms. The number of aryl methyl sites for hydroxylation is 2. The number of hydrogen-bond donors (Lipinski definition) is 1. The van der Waals surface area contributed by atoms with E-state index in [4.69, 9.17) is 0 Å². The van der Waals surface area contributed by atoms with Gasteiger partial charge in [0.1, 0.15) is 0 Å². The first-order valence-electron chi connectivity index (χ1n) is 7.84. The van der Waals surface area contributed by atoms with Crippen LogP contribution in [-0.2, 0) is 13.1 Å². The topological polar surface area (TPSA) is 77.6 Å². The summed E-state index contributed by atoms with van der Waals surface area (Å²) in [4.78, 5) is 20.3. The summed E-state index contributed by atoms with van der Waals surface area (Å²) >= 11 is 1.35. The summed E-state index contributed by atoms with van der Waals surface area (Å²) in [5.74, 6) is 0.0256. The predicted octanol–water partition coefficient (Wildman–Crippen LogP) is 3.34. The van der Waals surface area contributed by atoms with Gasteiger partial charge in [-0.25, -0.2) is 9.97 Å². The van der Waals surface area contributed by atoms with E-state index in [1.165, 1.54) is 11.3 Å². The molecule has 1 aromatic carbocycles. The standard InChI is InChI=1S/C17H16N6OS/c1-12(24)16-9-19-17(25-16)20-14-3-2-13-10-23(21-15(13)8-14)7-6-22-5-4-18-11-22/h2-5,8-11H,6-7H2,1H3,(H,19,20). The zero-order valence-corrected chi connectivity index (χ0v) is 14.4. The van der Waals surface area contributed by atoms with E-state index in [2.05, 4.69) is 20.4 Å². The molecule has 126 valence electrons. The number of aromatic nitrogens is 5. The van der Waals surface area contributed by atoms with E-state index in [-0.39, 0.29) is 5.78 Å². The summed E-state index contributed by atoms with van der Waals surface area (Å²) in [7, 11) is 0. The molecule has 0 unspecified atom stereocenters. The highest BCUT2D eigenvalue weighted by atomic mass is 32.1. The third-order valence-corrected chi connectivity index (χ3v) is 4.82. The number of Topliss-reactive ketones (excluding diaryl/α,β-unsaturated/α-hetero) is 1. The molecule has 3 aromatic heterocycles. The van der Waals surface area contributed by atoms with Gasteiger partial charge in [-0.15, -0.1) is 0 Å². The van der Waals surface area contributed by atoms with E-state index in [9.17, 15) is 4.79 Å². The molecule has 0 aliphatic rings. The molecule has 0 fully saturated rings. The first kappa shape index (κ1) is 15.5. The highest BCUT2D eigenvalue weighted by molar-refractivity contribution is 7.17. The summed E-state index contributed by atoms with van der Waals surface area (Å²) in [6.07, 6.45) is 9.14. The van der Waals surface area contributed by atoms with Gasteiger partial charge in [0.25, 0.3) is 0 Å². The molecule has 7 nitrogen and oxygen atoms in total. The lowest BCUT2D eigenvalue weighted by Gasteiger charge is -2.02. The lowest BCUT2D eigenvalue weighted by Crippen LogP contribution is -2.06. The summed E-state index contributed by atoms with van der Waals surface area (Å²) in [5.41, 5.74) is 1.82. The summed E-state index contributed by atoms with van der Waals surface area (Å²) in [6.45, 7) is 3.15. The van der Waals surface area contributed by atoms with Crippen molar-refractivity contribution in [2.24, 2.45) is 0 Å². The Morgan fingerprint density at radius 3 is 3.00 bits per heavy atom. The van der Waals surface area contributed by atoms with Crippen LogP contribution in [0.3, 0.4) is 0 Å². The second-order valence-corrected chi connectivity index (χ2v) is 6.71. The molecule has 25 heavy (non-hydrogen) atoms. The second-order valence-electron chi connectivity index (χ2n) is 5.68. The third-order valence-electron chi connectivity index (χ3n) is 3.81. The Balaban J connectivity index is 1.50. The Morgan fingerprint density at radius 1 is 1.32 bits per heavy atom. The van der Waals surface area contributed by atoms with Crippen molar-refractivity contribution in [3.8, 4) is 0 Å². The van der Waals surface area contributed by atoms with Crippen LogP contribution < -0.4 is 5.32 Å². The zero-order chi connectivity index (χ0) is 17.2. The normalized spacial score (nSPS) is 11.1. The first-order valence-corrected chi connectivity index (χ1v) is 8.66. The number of hydrogen-bond acceptors (Lipinski definition) is 6. The lowest BCUT2D eigenvalue weighted by molar-refractivity contribution is 0.102. The van der Waals surface area contributed by atoms with E-state index in [1.807, 2.05) is 39.8 Å². The molecule has 0 aliphatic carbocycles. The summed E-state index contributed by atoms with van der Waals surface area (Å²) < 4.78 is 3.96. The molecular weight excluding hydrogens is 336 g/mol. The highest BCUT2D eigenvalue weighted by Gasteiger charge is 2.07. The van der Waals surface area contributed by atoms with Crippen LogP contribution in [0.4, 0.5) is 10.8 Å². The van der Waals surface area contributed by atoms with Crippen LogP contribution in [0.25, 0.3) is 10.9 Å². The molecule has 0 atom stereocenters. The molecule has 3 heterocycles. The average molecular weight is 352 g/mol. The Bertz CT molecular complexity index is 1020. The minimum atomic E-state index is 0.0256. The minimum absolute atomic E-state index is 0.0256. The maximum absolute atomic E-state index is 11.4. The van der Waals surface area contributed by atoms with Gasteiger partial charge < -0.3 is 9.88 Å². The minimum Gasteiger partial charge on any atom is -0.336 e. The monoisotopic (exact) mass is 352 g/mol. The Morgan fingerprint density at radius 2 is 2.24 bits per heavy atom. The van der Waals surface area contributed by atoms with Crippen molar-refractivity contribution in [1.82, 2.24) is 24.3 Å². The zero-order valence-electron chi connectivity index (χ0n) is 13.6. The van der Waals surface area contributed by atoms with E-state index >= 15 is 0 Å². The quantitative estimate of drug-likeness (QED) is 0.539. The van der Waals surface area contributed by atoms with E-state index in [1.54, 1.807) is 25.6 Å². The SMILES string of the molecule is CC(=O)c1cnc(Nc2ccc3cn(CCn4ccnc4)nc3c2)s1. The van der Waals surface area contributed by atoms with Crippen molar-refractivity contribution in [3.05, 3.63) is 54.2 Å². The Kier molecular flexibility index (Phi) is 4.02. The van der Waals surface area contributed by atoms with Crippen LogP contribution in [0.1, 0.15) is 16.6 Å². The third kappa shape index (κ3) is 3.43. The second kappa shape index (κ2) is 6.48. The van der Waals surface area contributed by atoms with Gasteiger partial charge in [0.2, 0.25) is 0 Å². The van der Waals surface area contributed by atoms with Gasteiger partial charge in [0.15, 0.2) is 10.9 Å². The molecule has 0 amide bonds. The van der Waals surface area contributed by atoms with Crippen LogP contribution in [0.15, 0.2) is 49.3 Å². The number of carbonyl (C=O) groups is 1. The van der Waals surface area contributed by atoms with Crippen LogP contribution in [0.2, 0.25) is 0 Å². The van der Waals surface area contributed by atoms with Crippen molar-refractivity contribution in [1.29, 1.82) is 0 Å². The maximum atomic E-state index is 11.4. The van der Waals surface area contributed by atoms with Crippen LogP contribution in [-0.4, -0.2) is 30.1 Å². The Hall–Kier alpha value is -3.00. The van der Waals surface area contributed by atoms with Crippen LogP contribution in [0, 0.1) is 0 Å². The number of fused-ring (bicyclic) bond motifs is 1. The van der Waals surface area contributed by atoms with Crippen molar-refractivity contribution >= 4 is 38.8 Å². The number of rotatable bonds is 6. The van der Waals surface area contributed by atoms with Crippen molar-refractivity contribution in [3.63, 3.8) is 0 Å². The van der Waals surface area contributed by atoms with Gasteiger partial charge >= 0.3 is 0 Å². The highest BCUT2D eigenvalue weighted by Crippen LogP contribution is 2.25. The summed E-state index contributed by atoms with van der Waals surface area (Å²) in [5, 5.41) is 9.63. The van der Waals surface area contributed by atoms with Crippen LogP contribution >= 0.6 is 11.3 Å². The molecular formula is C17H16N6OS. The molecule has 0 radical (unpaired) electrons. The molecule has 1 N–H and O–H groups in total. The molecule has 0 aliphatic heterocycles. The van der Waals surface area contributed by atoms with Gasteiger partial charge in [-0.3, -0.25) is 9.48 Å². The number of anilines is 2. The fourth-order valence-corrected chi connectivity index (χ4v) is 3.25. The van der Waals surface area contributed by atoms with Gasteiger partial charge in [-0.1, -0.05) is 11.3 Å². The number of nitrogens with one attached hydrogen (secondary N) is 1. The number of imidazole rings is 1. The Labute approximate surface area is 148 Å². The van der Waals surface area contributed by atoms with Gasteiger partial charge in [-0.2, -0.15) is 5.10 Å². The van der Waals surface area contributed by atoms with Crippen molar-refractivity contribution in [2.45, 2.75) is 20.0 Å². The fourth-order valence-electron chi connectivity index (χ4n) is 2.51. The smallest absolute Gasteiger partial charge is 0.187 e. The molecule has 4 aromatic rings. The molecule has 0 saturated heterocycles. The van der Waals surface area contributed by atoms with Gasteiger partial charge in [-0.05, 0) is 18.2 Å². The van der Waals surface area contributed by atoms with Crippen LogP contribution in [0.5, 0.6) is 0 Å².